The van der Waals surface area contributed by atoms with Gasteiger partial charge in [0.05, 0.1) is 6.61 Å². The van der Waals surface area contributed by atoms with Crippen LogP contribution in [-0.2, 0) is 32.7 Å². The third kappa shape index (κ3) is 29.7. The summed E-state index contributed by atoms with van der Waals surface area (Å²) in [5, 5.41) is 50.1. The number of phosphoric ester groups is 1. The fraction of sp³-hybridized carbons (Fsp3) is 0.787. The zero-order valence-electron chi connectivity index (χ0n) is 37.4. The van der Waals surface area contributed by atoms with Crippen LogP contribution in [0.15, 0.2) is 48.6 Å². The van der Waals surface area contributed by atoms with Gasteiger partial charge in [-0.1, -0.05) is 140 Å². The quantitative estimate of drug-likeness (QED) is 0.0148. The van der Waals surface area contributed by atoms with Gasteiger partial charge in [-0.15, -0.1) is 0 Å². The molecule has 6 N–H and O–H groups in total. The molecule has 0 saturated heterocycles. The van der Waals surface area contributed by atoms with Crippen molar-refractivity contribution in [1.82, 2.24) is 0 Å². The Bertz CT molecular complexity index is 1250. The van der Waals surface area contributed by atoms with Gasteiger partial charge in [0.15, 0.2) is 6.10 Å². The van der Waals surface area contributed by atoms with Crippen molar-refractivity contribution in [3.05, 3.63) is 48.6 Å². The smallest absolute Gasteiger partial charge is 0.462 e. The first-order valence-electron chi connectivity index (χ1n) is 23.4. The molecule has 0 aromatic heterocycles. The highest BCUT2D eigenvalue weighted by Crippen LogP contribution is 2.47. The molecule has 0 aliphatic heterocycles. The fourth-order valence-electron chi connectivity index (χ4n) is 6.82. The number of hydrogen-bond donors (Lipinski definition) is 6. The van der Waals surface area contributed by atoms with Crippen LogP contribution in [0.4, 0.5) is 0 Å². The Morgan fingerprint density at radius 3 is 1.43 bits per heavy atom. The van der Waals surface area contributed by atoms with Gasteiger partial charge < -0.3 is 39.9 Å². The van der Waals surface area contributed by atoms with Crippen LogP contribution in [0.3, 0.4) is 0 Å². The van der Waals surface area contributed by atoms with Crippen LogP contribution in [0.25, 0.3) is 0 Å². The molecule has 1 saturated carbocycles. The summed E-state index contributed by atoms with van der Waals surface area (Å²) in [6.07, 6.45) is 30.2. The number of aliphatic hydroxyl groups excluding tert-OH is 5. The number of unbranched alkanes of at least 4 members (excludes halogenated alkanes) is 18. The summed E-state index contributed by atoms with van der Waals surface area (Å²) in [7, 11) is -5.13. The van der Waals surface area contributed by atoms with Gasteiger partial charge in [-0.25, -0.2) is 4.57 Å². The van der Waals surface area contributed by atoms with E-state index < -0.39 is 75.7 Å². The highest BCUT2D eigenvalue weighted by atomic mass is 31.2. The van der Waals surface area contributed by atoms with Gasteiger partial charge in [0.25, 0.3) is 0 Å². The first kappa shape index (κ1) is 56.8. The predicted octanol–water partition coefficient (Wildman–Crippen LogP) is 9.17. The Morgan fingerprint density at radius 1 is 0.508 bits per heavy atom. The van der Waals surface area contributed by atoms with Crippen molar-refractivity contribution in [2.24, 2.45) is 0 Å². The zero-order valence-corrected chi connectivity index (χ0v) is 38.3. The van der Waals surface area contributed by atoms with Gasteiger partial charge >= 0.3 is 19.8 Å². The molecule has 0 radical (unpaired) electrons. The summed E-state index contributed by atoms with van der Waals surface area (Å²) in [6.45, 7) is 3.23. The van der Waals surface area contributed by atoms with E-state index in [1.807, 2.05) is 0 Å². The van der Waals surface area contributed by atoms with E-state index >= 15 is 0 Å². The minimum Gasteiger partial charge on any atom is -0.462 e. The molecule has 0 amide bonds. The second kappa shape index (κ2) is 37.2. The molecule has 354 valence electrons. The van der Waals surface area contributed by atoms with Crippen molar-refractivity contribution >= 4 is 19.8 Å². The summed E-state index contributed by atoms with van der Waals surface area (Å²) >= 11 is 0. The van der Waals surface area contributed by atoms with Crippen LogP contribution < -0.4 is 0 Å². The maximum absolute atomic E-state index is 12.8. The van der Waals surface area contributed by atoms with E-state index in [-0.39, 0.29) is 12.8 Å². The molecule has 0 bridgehead atoms. The molecular weight excluding hydrogens is 803 g/mol. The third-order valence-electron chi connectivity index (χ3n) is 10.6. The van der Waals surface area contributed by atoms with E-state index in [0.717, 1.165) is 64.2 Å². The molecule has 0 aromatic rings. The number of ether oxygens (including phenoxy) is 2. The minimum atomic E-state index is -5.13. The lowest BCUT2D eigenvalue weighted by molar-refractivity contribution is -0.220. The molecule has 13 nitrogen and oxygen atoms in total. The Kier molecular flexibility index (Phi) is 34.7. The standard InChI is InChI=1S/C47H83O13P/c1-3-5-7-9-11-13-15-17-19-20-22-23-25-27-29-31-33-35-40(48)57-37-39(38-58-61(55,56)60-47-45(53)43(51)42(50)44(52)46(47)54)59-41(49)36-34-32-30-28-26-24-21-18-16-14-12-10-8-6-4-2/h12,14,17-19,21,26,28,39,42-47,50-54H,3-11,13,15-16,20,22-25,27,29-38H2,1-2H3,(H,55,56)/b14-12+,19-17+,21-18+,28-26+/t39-,42?,43-,44?,45?,46?,47?/m0/s1. The molecule has 61 heavy (non-hydrogen) atoms. The lowest BCUT2D eigenvalue weighted by Crippen LogP contribution is -2.64. The summed E-state index contributed by atoms with van der Waals surface area (Å²) in [5.41, 5.74) is 0. The van der Waals surface area contributed by atoms with Gasteiger partial charge in [0, 0.05) is 12.8 Å². The van der Waals surface area contributed by atoms with E-state index in [9.17, 15) is 44.6 Å². The molecular formula is C47H83O13P. The van der Waals surface area contributed by atoms with Crippen molar-refractivity contribution in [2.75, 3.05) is 13.2 Å². The Balaban J connectivity index is 2.48. The first-order valence-corrected chi connectivity index (χ1v) is 24.9. The lowest BCUT2D eigenvalue weighted by Gasteiger charge is -2.41. The van der Waals surface area contributed by atoms with Crippen molar-refractivity contribution in [1.29, 1.82) is 0 Å². The summed E-state index contributed by atoms with van der Waals surface area (Å²) in [4.78, 5) is 35.7. The molecule has 8 atom stereocenters. The SMILES string of the molecule is CCCCC/C=C/C/C=C/C/C=C/CCCCC(=O)O[C@@H](COC(=O)CCCCCCCCC/C=C/CCCCCCCC)COP(=O)(O)OC1C(O)C(O)C(O)[C@H](O)C1O. The number of carbonyl (C=O) groups excluding carboxylic acids is 2. The van der Waals surface area contributed by atoms with Gasteiger partial charge in [-0.2, -0.15) is 0 Å². The molecule has 1 aliphatic rings. The van der Waals surface area contributed by atoms with E-state index in [1.165, 1.54) is 77.0 Å². The van der Waals surface area contributed by atoms with Crippen LogP contribution in [0.2, 0.25) is 0 Å². The number of rotatable bonds is 38. The third-order valence-corrected chi connectivity index (χ3v) is 11.6. The van der Waals surface area contributed by atoms with Crippen LogP contribution in [0, 0.1) is 0 Å². The van der Waals surface area contributed by atoms with Gasteiger partial charge in [-0.3, -0.25) is 18.6 Å². The van der Waals surface area contributed by atoms with E-state index in [1.54, 1.807) is 0 Å². The molecule has 0 aromatic carbocycles. The Morgan fingerprint density at radius 2 is 0.885 bits per heavy atom. The van der Waals surface area contributed by atoms with Crippen LogP contribution >= 0.6 is 7.82 Å². The topological polar surface area (TPSA) is 210 Å². The Hall–Kier alpha value is -2.19. The second-order valence-electron chi connectivity index (χ2n) is 16.3. The average molecular weight is 887 g/mol. The number of carbonyl (C=O) groups is 2. The zero-order chi connectivity index (χ0) is 45.0. The highest BCUT2D eigenvalue weighted by Gasteiger charge is 2.51. The lowest BCUT2D eigenvalue weighted by atomic mass is 9.85. The monoisotopic (exact) mass is 887 g/mol. The van der Waals surface area contributed by atoms with E-state index in [2.05, 4.69) is 62.5 Å². The highest BCUT2D eigenvalue weighted by molar-refractivity contribution is 7.47. The normalized spacial score (nSPS) is 22.4. The Labute approximate surface area is 367 Å². The number of esters is 2. The molecule has 1 rings (SSSR count). The number of aliphatic hydroxyl groups is 5. The van der Waals surface area contributed by atoms with Gasteiger partial charge in [-0.05, 0) is 77.0 Å². The molecule has 1 aliphatic carbocycles. The van der Waals surface area contributed by atoms with Crippen molar-refractivity contribution in [3.8, 4) is 0 Å². The minimum absolute atomic E-state index is 0.0462. The number of allylic oxidation sites excluding steroid dienone is 8. The molecule has 0 heterocycles. The largest absolute Gasteiger partial charge is 0.472 e. The average Bonchev–Trinajstić information content (AvgIpc) is 3.24. The summed E-state index contributed by atoms with van der Waals surface area (Å²) in [6, 6.07) is 0. The molecule has 1 fully saturated rings. The van der Waals surface area contributed by atoms with Crippen LogP contribution in [0.1, 0.15) is 181 Å². The second-order valence-corrected chi connectivity index (χ2v) is 17.7. The van der Waals surface area contributed by atoms with Crippen LogP contribution in [-0.4, -0.2) is 98.3 Å². The molecule has 14 heteroatoms. The molecule has 0 spiro atoms. The summed E-state index contributed by atoms with van der Waals surface area (Å²) in [5.74, 6) is -1.15. The fourth-order valence-corrected chi connectivity index (χ4v) is 7.79. The van der Waals surface area contributed by atoms with Crippen molar-refractivity contribution < 1.29 is 63.1 Å². The van der Waals surface area contributed by atoms with Gasteiger partial charge in [0.2, 0.25) is 0 Å². The van der Waals surface area contributed by atoms with Gasteiger partial charge in [0.1, 0.15) is 43.2 Å². The predicted molar refractivity (Wildman–Crippen MR) is 239 cm³/mol. The maximum Gasteiger partial charge on any atom is 0.472 e. The van der Waals surface area contributed by atoms with Crippen molar-refractivity contribution in [2.45, 2.75) is 224 Å². The van der Waals surface area contributed by atoms with Crippen LogP contribution in [0.5, 0.6) is 0 Å². The maximum atomic E-state index is 12.8. The van der Waals surface area contributed by atoms with E-state index in [4.69, 9.17) is 18.5 Å². The van der Waals surface area contributed by atoms with Crippen molar-refractivity contribution in [3.63, 3.8) is 0 Å². The number of hydrogen-bond acceptors (Lipinski definition) is 12. The van der Waals surface area contributed by atoms with E-state index in [0.29, 0.717) is 12.8 Å². The number of phosphoric acid groups is 1. The molecule has 6 unspecified atom stereocenters. The summed E-state index contributed by atoms with van der Waals surface area (Å²) < 4.78 is 33.5. The first-order chi connectivity index (χ1) is 29.4.